The van der Waals surface area contributed by atoms with E-state index in [2.05, 4.69) is 10.6 Å². The predicted octanol–water partition coefficient (Wildman–Crippen LogP) is -0.718. The molecule has 0 heterocycles. The molecule has 0 saturated heterocycles. The zero-order valence-electron chi connectivity index (χ0n) is 21.6. The number of phenolic OH excluding ortho intramolecular Hbond substituents is 1. The zero-order chi connectivity index (χ0) is 29.0. The molecule has 0 spiro atoms. The van der Waals surface area contributed by atoms with Gasteiger partial charge in [-0.1, -0.05) is 12.1 Å². The molecule has 3 aliphatic rings. The van der Waals surface area contributed by atoms with Gasteiger partial charge in [-0.2, -0.15) is 0 Å². The van der Waals surface area contributed by atoms with Gasteiger partial charge in [0.1, 0.15) is 22.8 Å². The molecule has 1 saturated carbocycles. The summed E-state index contributed by atoms with van der Waals surface area (Å²) in [5.41, 5.74) is -5.99. The number of benzene rings is 1. The number of aliphatic hydroxyl groups is 4. The highest BCUT2D eigenvalue weighted by Gasteiger charge is 2.66. The third kappa shape index (κ3) is 4.18. The van der Waals surface area contributed by atoms with Gasteiger partial charge in [0.2, 0.25) is 5.78 Å². The number of carboxylic acid groups (broad SMARTS) is 1. The van der Waals surface area contributed by atoms with Crippen molar-refractivity contribution in [1.29, 1.82) is 0 Å². The number of likely N-dealkylation sites (N-methyl/N-ethyl adjacent to an activating group) is 1. The van der Waals surface area contributed by atoms with Gasteiger partial charge >= 0.3 is 5.97 Å². The van der Waals surface area contributed by atoms with E-state index < -0.39 is 80.9 Å². The Morgan fingerprint density at radius 2 is 1.79 bits per heavy atom. The third-order valence-corrected chi connectivity index (χ3v) is 7.89. The van der Waals surface area contributed by atoms with E-state index in [0.717, 1.165) is 0 Å². The smallest absolute Gasteiger partial charge is 0.304 e. The molecule has 0 radical (unpaired) electrons. The maximum absolute atomic E-state index is 14.0. The molecule has 0 bridgehead atoms. The van der Waals surface area contributed by atoms with Crippen LogP contribution in [0.2, 0.25) is 0 Å². The number of Topliss-reactive ketones (excluding diaryl/α,β-unsaturated/α-hetero) is 2. The number of aliphatic carboxylic acids is 1. The largest absolute Gasteiger partial charge is 0.508 e. The van der Waals surface area contributed by atoms with Crippen molar-refractivity contribution in [3.05, 3.63) is 46.2 Å². The van der Waals surface area contributed by atoms with Crippen molar-refractivity contribution in [3.8, 4) is 5.75 Å². The van der Waals surface area contributed by atoms with Crippen LogP contribution in [0.5, 0.6) is 5.75 Å². The van der Waals surface area contributed by atoms with Crippen LogP contribution in [-0.2, 0) is 24.8 Å². The fourth-order valence-corrected chi connectivity index (χ4v) is 6.00. The van der Waals surface area contributed by atoms with Crippen LogP contribution in [0.25, 0.3) is 5.76 Å². The first kappa shape index (κ1) is 28.2. The van der Waals surface area contributed by atoms with Gasteiger partial charge < -0.3 is 36.0 Å². The molecule has 1 fully saturated rings. The molecule has 1 aromatic carbocycles. The molecule has 39 heavy (non-hydrogen) atoms. The first-order valence-electron chi connectivity index (χ1n) is 12.3. The topological polar surface area (TPSA) is 217 Å². The van der Waals surface area contributed by atoms with Crippen LogP contribution in [0.3, 0.4) is 0 Å². The van der Waals surface area contributed by atoms with Crippen LogP contribution in [0.1, 0.15) is 30.9 Å². The Kier molecular flexibility index (Phi) is 7.06. The summed E-state index contributed by atoms with van der Waals surface area (Å²) in [6.07, 6.45) is -0.475. The van der Waals surface area contributed by atoms with E-state index in [9.17, 15) is 44.7 Å². The van der Waals surface area contributed by atoms with Crippen LogP contribution in [0, 0.1) is 11.8 Å². The molecule has 4 rings (SSSR count). The number of hydrogen-bond acceptors (Lipinski definition) is 11. The quantitative estimate of drug-likeness (QED) is 0.121. The standard InChI is InChI=1S/C26H31N3O10/c1-25(38)11-5-4-6-14(30)16(11)20(33)17-12(25)9-13-19(29(2)3)21(34)18(23(36)26(13,39)22(17)35)24(37)28-10-27-8-7-15(31)32/h4-6,12-13,19,27,30,33,36,38-39H,7-10H2,1-3H3,(H,28,37)(H,31,32)/t12-,13-,19-,25+,26-/m0/s1. The van der Waals surface area contributed by atoms with Gasteiger partial charge in [-0.05, 0) is 39.1 Å². The van der Waals surface area contributed by atoms with Crippen LogP contribution in [-0.4, -0.2) is 97.9 Å². The second-order valence-electron chi connectivity index (χ2n) is 10.4. The Morgan fingerprint density at radius 1 is 1.13 bits per heavy atom. The first-order valence-corrected chi connectivity index (χ1v) is 12.3. The van der Waals surface area contributed by atoms with Gasteiger partial charge in [0.05, 0.1) is 30.3 Å². The average Bonchev–Trinajstić information content (AvgIpc) is 2.84. The van der Waals surface area contributed by atoms with Crippen molar-refractivity contribution in [1.82, 2.24) is 15.5 Å². The van der Waals surface area contributed by atoms with E-state index in [1.54, 1.807) is 0 Å². The number of nitrogens with zero attached hydrogens (tertiary/aromatic N) is 1. The van der Waals surface area contributed by atoms with Crippen LogP contribution in [0.15, 0.2) is 35.1 Å². The minimum Gasteiger partial charge on any atom is -0.508 e. The highest BCUT2D eigenvalue weighted by molar-refractivity contribution is 6.25. The van der Waals surface area contributed by atoms with Gasteiger partial charge in [-0.15, -0.1) is 0 Å². The summed E-state index contributed by atoms with van der Waals surface area (Å²) in [5.74, 6) is -8.98. The molecular formula is C26H31N3O10. The van der Waals surface area contributed by atoms with Crippen molar-refractivity contribution in [2.24, 2.45) is 11.8 Å². The summed E-state index contributed by atoms with van der Waals surface area (Å²) < 4.78 is 0. The van der Waals surface area contributed by atoms with E-state index in [-0.39, 0.29) is 37.2 Å². The van der Waals surface area contributed by atoms with E-state index >= 15 is 0 Å². The summed E-state index contributed by atoms with van der Waals surface area (Å²) >= 11 is 0. The monoisotopic (exact) mass is 545 g/mol. The fraction of sp³-hybridized carbons (Fsp3) is 0.462. The summed E-state index contributed by atoms with van der Waals surface area (Å²) in [4.78, 5) is 52.5. The van der Waals surface area contributed by atoms with Gasteiger partial charge in [0.25, 0.3) is 5.91 Å². The molecule has 13 nitrogen and oxygen atoms in total. The second kappa shape index (κ2) is 9.75. The molecule has 3 aliphatic carbocycles. The van der Waals surface area contributed by atoms with E-state index in [1.807, 2.05) is 0 Å². The second-order valence-corrected chi connectivity index (χ2v) is 10.4. The molecular weight excluding hydrogens is 514 g/mol. The van der Waals surface area contributed by atoms with Crippen LogP contribution in [0.4, 0.5) is 0 Å². The van der Waals surface area contributed by atoms with E-state index in [4.69, 9.17) is 5.11 Å². The maximum atomic E-state index is 14.0. The number of ketones is 2. The predicted molar refractivity (Wildman–Crippen MR) is 134 cm³/mol. The van der Waals surface area contributed by atoms with Crippen molar-refractivity contribution in [3.63, 3.8) is 0 Å². The number of hydrogen-bond donors (Lipinski definition) is 8. The highest BCUT2D eigenvalue weighted by atomic mass is 16.4. The fourth-order valence-electron chi connectivity index (χ4n) is 6.00. The average molecular weight is 546 g/mol. The SMILES string of the molecule is CN(C)[C@@H]1C(=O)C(C(=O)NCNCCC(=O)O)=C(O)[C@@]2(O)C(=O)C3=C(O)c4c(O)cccc4[C@@](C)(O)[C@H]3C[C@@H]12. The molecule has 13 heteroatoms. The molecule has 210 valence electrons. The Bertz CT molecular complexity index is 1330. The van der Waals surface area contributed by atoms with Crippen molar-refractivity contribution in [2.45, 2.75) is 37.0 Å². The molecule has 1 amide bonds. The number of aliphatic hydroxyl groups excluding tert-OH is 2. The molecule has 0 aromatic heterocycles. The highest BCUT2D eigenvalue weighted by Crippen LogP contribution is 2.57. The van der Waals surface area contributed by atoms with E-state index in [1.165, 1.54) is 44.1 Å². The Hall–Kier alpha value is -3.78. The number of rotatable bonds is 7. The molecule has 0 unspecified atom stereocenters. The lowest BCUT2D eigenvalue weighted by molar-refractivity contribution is -0.159. The number of carboxylic acids is 1. The molecule has 1 aromatic rings. The summed E-state index contributed by atoms with van der Waals surface area (Å²) in [6, 6.07) is 2.92. The van der Waals surface area contributed by atoms with Crippen molar-refractivity contribution in [2.75, 3.05) is 27.3 Å². The number of carbonyl (C=O) groups is 4. The number of aromatic hydroxyl groups is 1. The number of amides is 1. The Balaban J connectivity index is 1.82. The van der Waals surface area contributed by atoms with Gasteiger partial charge in [-0.25, -0.2) is 0 Å². The Labute approximate surface area is 223 Å². The molecule has 5 atom stereocenters. The molecule has 0 aliphatic heterocycles. The summed E-state index contributed by atoms with van der Waals surface area (Å²) in [5, 5.41) is 69.7. The lowest BCUT2D eigenvalue weighted by Crippen LogP contribution is -2.67. The number of nitrogens with one attached hydrogen (secondary N) is 2. The Morgan fingerprint density at radius 3 is 2.41 bits per heavy atom. The number of fused-ring (bicyclic) bond motifs is 3. The van der Waals surface area contributed by atoms with Gasteiger partial charge in [-0.3, -0.25) is 29.4 Å². The summed E-state index contributed by atoms with van der Waals surface area (Å²) in [7, 11) is 2.99. The summed E-state index contributed by atoms with van der Waals surface area (Å²) in [6.45, 7) is 1.12. The van der Waals surface area contributed by atoms with Gasteiger partial charge in [0.15, 0.2) is 11.4 Å². The number of phenols is 1. The maximum Gasteiger partial charge on any atom is 0.304 e. The third-order valence-electron chi connectivity index (χ3n) is 7.89. The van der Waals surface area contributed by atoms with Crippen LogP contribution < -0.4 is 10.6 Å². The lowest BCUT2D eigenvalue weighted by atomic mass is 9.54. The zero-order valence-corrected chi connectivity index (χ0v) is 21.6. The number of carbonyl (C=O) groups excluding carboxylic acids is 3. The first-order chi connectivity index (χ1) is 18.2. The van der Waals surface area contributed by atoms with Crippen molar-refractivity contribution >= 4 is 29.2 Å². The van der Waals surface area contributed by atoms with Gasteiger partial charge in [0, 0.05) is 24.0 Å². The lowest BCUT2D eigenvalue weighted by Gasteiger charge is -2.53. The minimum absolute atomic E-state index is 0.00246. The van der Waals surface area contributed by atoms with Crippen molar-refractivity contribution < 1.29 is 49.8 Å². The van der Waals surface area contributed by atoms with Crippen LogP contribution >= 0.6 is 0 Å². The minimum atomic E-state index is -2.82. The van der Waals surface area contributed by atoms with E-state index in [0.29, 0.717) is 0 Å². The molecule has 8 N–H and O–H groups in total. The normalized spacial score (nSPS) is 30.2.